The zero-order chi connectivity index (χ0) is 39.8. The van der Waals surface area contributed by atoms with Gasteiger partial charge in [-0.3, -0.25) is 0 Å². The number of pyridine rings is 2. The summed E-state index contributed by atoms with van der Waals surface area (Å²) >= 11 is 0. The highest BCUT2D eigenvalue weighted by Gasteiger charge is 2.69. The van der Waals surface area contributed by atoms with Gasteiger partial charge in [0.1, 0.15) is 16.6 Å². The van der Waals surface area contributed by atoms with Gasteiger partial charge in [-0.15, -0.1) is 0 Å². The van der Waals surface area contributed by atoms with Crippen molar-refractivity contribution in [1.82, 2.24) is 8.97 Å². The molecule has 17 rings (SSSR count). The van der Waals surface area contributed by atoms with E-state index in [0.717, 1.165) is 0 Å². The third kappa shape index (κ3) is 2.91. The number of fused-ring (bicyclic) bond motifs is 23. The summed E-state index contributed by atoms with van der Waals surface area (Å²) in [6.45, 7) is 0. The van der Waals surface area contributed by atoms with E-state index in [4.69, 9.17) is 0 Å². The van der Waals surface area contributed by atoms with Crippen molar-refractivity contribution >= 4 is 81.7 Å². The fourth-order valence-electron chi connectivity index (χ4n) is 13.8. The lowest BCUT2D eigenvalue weighted by Gasteiger charge is -2.46. The van der Waals surface area contributed by atoms with Crippen molar-refractivity contribution in [3.63, 3.8) is 0 Å². The summed E-state index contributed by atoms with van der Waals surface area (Å²) in [7, 11) is 0. The van der Waals surface area contributed by atoms with Crippen molar-refractivity contribution in [2.24, 2.45) is 0 Å². The third-order valence-corrected chi connectivity index (χ3v) is 15.6. The Morgan fingerprint density at radius 3 is 1.76 bits per heavy atom. The van der Waals surface area contributed by atoms with E-state index < -0.39 is 11.1 Å². The van der Waals surface area contributed by atoms with Crippen LogP contribution >= 0.6 is 0 Å². The molecule has 0 saturated carbocycles. The van der Waals surface area contributed by atoms with E-state index in [9.17, 15) is 0 Å². The first-order valence-electron chi connectivity index (χ1n) is 21.8. The molecule has 0 fully saturated rings. The Kier molecular flexibility index (Phi) is 4.94. The molecule has 282 valence electrons. The normalized spacial score (nSPS) is 16.9. The first-order chi connectivity index (χ1) is 30.8. The topological polar surface area (TPSA) is 17.1 Å². The molecule has 2 spiro atoms. The molecule has 0 saturated heterocycles. The van der Waals surface area contributed by atoms with Gasteiger partial charge in [0, 0.05) is 33.0 Å². The molecule has 4 aliphatic rings. The third-order valence-electron chi connectivity index (χ3n) is 15.6. The summed E-state index contributed by atoms with van der Waals surface area (Å²) in [6.07, 6.45) is 2.37. The van der Waals surface area contributed by atoms with Gasteiger partial charge >= 0.3 is 11.3 Å². The zero-order valence-electron chi connectivity index (χ0n) is 33.3. The van der Waals surface area contributed by atoms with Crippen LogP contribution < -0.4 is 9.13 Å². The second-order valence-corrected chi connectivity index (χ2v) is 17.9. The van der Waals surface area contributed by atoms with Crippen LogP contribution in [0.1, 0.15) is 33.4 Å². The van der Waals surface area contributed by atoms with E-state index in [0.29, 0.717) is 0 Å². The van der Waals surface area contributed by atoms with Gasteiger partial charge in [-0.2, -0.15) is 18.1 Å². The molecule has 0 amide bonds. The largest absolute Gasteiger partial charge is 0.312 e. The van der Waals surface area contributed by atoms with E-state index in [1.54, 1.807) is 0 Å². The van der Waals surface area contributed by atoms with Crippen molar-refractivity contribution in [2.75, 3.05) is 0 Å². The van der Waals surface area contributed by atoms with Crippen LogP contribution in [0.5, 0.6) is 0 Å². The van der Waals surface area contributed by atoms with Crippen LogP contribution in [0.4, 0.5) is 0 Å². The van der Waals surface area contributed by atoms with Crippen molar-refractivity contribution in [1.29, 1.82) is 0 Å². The standard InChI is InChI=1S/C58H32N4/c1-3-20-38-33(15-1)34-16-2-4-21-39(34)54-50(38)41-29-31-44-52-51(41)56-61(54)47-25-11-12-26-48(47)62(56)58(52)53-45(57(44)42-22-8-5-17-35(42)36-18-6-9-23-43(36)57)30-28-40-37-19-7-10-24-46(37)60(55(40)53)49-27-13-14-32-59(49)58/h1-32H/q+2. The monoisotopic (exact) mass is 784 g/mol. The van der Waals surface area contributed by atoms with Crippen molar-refractivity contribution in [3.8, 4) is 16.9 Å². The highest BCUT2D eigenvalue weighted by atomic mass is 15.4. The Morgan fingerprint density at radius 1 is 0.387 bits per heavy atom. The number of nitrogens with zero attached hydrogens (tertiary/aromatic N) is 4. The van der Waals surface area contributed by atoms with Crippen molar-refractivity contribution in [3.05, 3.63) is 228 Å². The van der Waals surface area contributed by atoms with Gasteiger partial charge in [0.2, 0.25) is 0 Å². The average Bonchev–Trinajstić information content (AvgIpc) is 4.05. The van der Waals surface area contributed by atoms with E-state index in [1.807, 2.05) is 0 Å². The molecular weight excluding hydrogens is 753 g/mol. The number of rotatable bonds is 0. The fourth-order valence-corrected chi connectivity index (χ4v) is 13.8. The summed E-state index contributed by atoms with van der Waals surface area (Å²) in [5.74, 6) is 1.17. The Bertz CT molecular complexity index is 4310. The second kappa shape index (κ2) is 9.92. The Morgan fingerprint density at radius 2 is 0.968 bits per heavy atom. The first-order valence-corrected chi connectivity index (χ1v) is 21.8. The molecule has 1 atom stereocenters. The van der Waals surface area contributed by atoms with Crippen molar-refractivity contribution < 1.29 is 9.13 Å². The van der Waals surface area contributed by atoms with Gasteiger partial charge in [-0.05, 0) is 85.9 Å². The molecule has 4 aromatic heterocycles. The molecule has 0 radical (unpaired) electrons. The van der Waals surface area contributed by atoms with E-state index in [-0.39, 0.29) is 0 Å². The van der Waals surface area contributed by atoms with E-state index in [1.165, 1.54) is 132 Å². The molecule has 6 heterocycles. The van der Waals surface area contributed by atoms with Crippen LogP contribution in [-0.4, -0.2) is 8.97 Å². The van der Waals surface area contributed by atoms with Gasteiger partial charge in [0.25, 0.3) is 5.82 Å². The summed E-state index contributed by atoms with van der Waals surface area (Å²) in [5.41, 5.74) is 16.9. The fraction of sp³-hybridized carbons (Fsp3) is 0.0345. The maximum absolute atomic E-state index is 2.77. The van der Waals surface area contributed by atoms with E-state index >= 15 is 0 Å². The van der Waals surface area contributed by atoms with Crippen LogP contribution in [0.3, 0.4) is 0 Å². The van der Waals surface area contributed by atoms with Crippen LogP contribution in [0.15, 0.2) is 194 Å². The maximum Gasteiger partial charge on any atom is 0.312 e. The SMILES string of the molecule is c1ccc2c(c1)-c1ccccc1C21c2ccc3c4c2C2(c5c1ccc1c6ccccc6n(c51)-c1cccc[n+]12)[n+]1c2ccccc2n(c2c5ccccc5c5ccccc5c32)c41. The van der Waals surface area contributed by atoms with Crippen LogP contribution in [0.2, 0.25) is 0 Å². The minimum atomic E-state index is -0.776. The summed E-state index contributed by atoms with van der Waals surface area (Å²) < 4.78 is 10.7. The van der Waals surface area contributed by atoms with Gasteiger partial charge in [0.05, 0.1) is 22.6 Å². The minimum Gasteiger partial charge on any atom is -0.191 e. The molecule has 1 unspecified atom stereocenters. The predicted molar refractivity (Wildman–Crippen MR) is 249 cm³/mol. The van der Waals surface area contributed by atoms with Crippen LogP contribution in [0, 0.1) is 0 Å². The first kappa shape index (κ1) is 30.9. The molecule has 2 aliphatic carbocycles. The van der Waals surface area contributed by atoms with Gasteiger partial charge in [-0.25, -0.2) is 0 Å². The predicted octanol–water partition coefficient (Wildman–Crippen LogP) is 12.0. The summed E-state index contributed by atoms with van der Waals surface area (Å²) in [4.78, 5) is 0. The molecule has 2 aliphatic heterocycles. The number of imidazole rings is 1. The van der Waals surface area contributed by atoms with Gasteiger partial charge in [0.15, 0.2) is 16.6 Å². The smallest absolute Gasteiger partial charge is 0.191 e. The molecule has 9 aromatic carbocycles. The lowest BCUT2D eigenvalue weighted by atomic mass is 9.58. The molecule has 0 N–H and O–H groups in total. The lowest BCUT2D eigenvalue weighted by Crippen LogP contribution is -2.77. The quantitative estimate of drug-likeness (QED) is 0.108. The number of benzene rings is 9. The van der Waals surface area contributed by atoms with Gasteiger partial charge in [-0.1, -0.05) is 146 Å². The molecule has 0 bridgehead atoms. The highest BCUT2D eigenvalue weighted by Crippen LogP contribution is 2.65. The zero-order valence-corrected chi connectivity index (χ0v) is 33.3. The summed E-state index contributed by atoms with van der Waals surface area (Å²) in [6, 6.07) is 71.7. The minimum absolute atomic E-state index is 0.574. The average molecular weight is 785 g/mol. The summed E-state index contributed by atoms with van der Waals surface area (Å²) in [5, 5.41) is 11.6. The maximum atomic E-state index is 2.77. The molecule has 4 heteroatoms. The molecular formula is C58H32N4+2. The van der Waals surface area contributed by atoms with Gasteiger partial charge < -0.3 is 0 Å². The Balaban J connectivity index is 1.25. The number of hydrogen-bond acceptors (Lipinski definition) is 0. The van der Waals surface area contributed by atoms with Crippen LogP contribution in [0.25, 0.3) is 98.7 Å². The Hall–Kier alpha value is -8.08. The molecule has 4 nitrogen and oxygen atoms in total. The van der Waals surface area contributed by atoms with Crippen molar-refractivity contribution in [2.45, 2.75) is 11.1 Å². The number of hydrogen-bond donors (Lipinski definition) is 0. The number of aromatic nitrogens is 4. The molecule has 13 aromatic rings. The Labute approximate surface area is 354 Å². The molecule has 62 heavy (non-hydrogen) atoms. The van der Waals surface area contributed by atoms with Crippen LogP contribution in [-0.2, 0) is 11.1 Å². The lowest BCUT2D eigenvalue weighted by molar-refractivity contribution is -0.947. The van der Waals surface area contributed by atoms with E-state index in [2.05, 4.69) is 212 Å². The second-order valence-electron chi connectivity index (χ2n) is 17.9. The number of para-hydroxylation sites is 3. The highest BCUT2D eigenvalue weighted by molar-refractivity contribution is 6.33.